The molecule has 0 radical (unpaired) electrons. The van der Waals surface area contributed by atoms with Gasteiger partial charge in [0.1, 0.15) is 5.60 Å². The SMILES string of the molecule is CCC1CCC(N2CCCN(C)CC2)CC1.CN1CCCN(C2CCC(CC(=O)OC(C)(C)C)CC2)CC1. The van der Waals surface area contributed by atoms with Crippen molar-refractivity contribution in [2.75, 3.05) is 66.5 Å². The maximum Gasteiger partial charge on any atom is 0.306 e. The van der Waals surface area contributed by atoms with Crippen LogP contribution in [0, 0.1) is 11.8 Å². The fraction of sp³-hybridized carbons (Fsp3) is 0.969. The van der Waals surface area contributed by atoms with E-state index in [1.165, 1.54) is 123 Å². The highest BCUT2D eigenvalue weighted by Crippen LogP contribution is 2.31. The van der Waals surface area contributed by atoms with Gasteiger partial charge in [-0.2, -0.15) is 0 Å². The summed E-state index contributed by atoms with van der Waals surface area (Å²) in [7, 11) is 4.48. The van der Waals surface area contributed by atoms with Gasteiger partial charge in [0.25, 0.3) is 0 Å². The summed E-state index contributed by atoms with van der Waals surface area (Å²) in [4.78, 5) is 22.3. The van der Waals surface area contributed by atoms with E-state index in [1.807, 2.05) is 20.8 Å². The predicted molar refractivity (Wildman–Crippen MR) is 160 cm³/mol. The van der Waals surface area contributed by atoms with Crippen LogP contribution in [0.1, 0.15) is 105 Å². The van der Waals surface area contributed by atoms with Gasteiger partial charge in [0, 0.05) is 44.7 Å². The summed E-state index contributed by atoms with van der Waals surface area (Å²) in [5.41, 5.74) is -0.355. The van der Waals surface area contributed by atoms with Crippen LogP contribution in [0.25, 0.3) is 0 Å². The number of hydrogen-bond acceptors (Lipinski definition) is 6. The molecule has 4 aliphatic rings. The van der Waals surface area contributed by atoms with Gasteiger partial charge in [0.05, 0.1) is 0 Å². The molecule has 6 heteroatoms. The van der Waals surface area contributed by atoms with Crippen molar-refractivity contribution >= 4 is 5.97 Å². The molecular formula is C32H62N4O2. The van der Waals surface area contributed by atoms with Crippen molar-refractivity contribution < 1.29 is 9.53 Å². The van der Waals surface area contributed by atoms with Crippen LogP contribution in [-0.2, 0) is 9.53 Å². The average Bonchev–Trinajstić information content (AvgIpc) is 3.23. The highest BCUT2D eigenvalue weighted by Gasteiger charge is 2.29. The molecule has 0 spiro atoms. The Labute approximate surface area is 235 Å². The molecule has 0 aromatic carbocycles. The van der Waals surface area contributed by atoms with Crippen molar-refractivity contribution in [3.8, 4) is 0 Å². The number of rotatable bonds is 5. The van der Waals surface area contributed by atoms with Gasteiger partial charge in [-0.1, -0.05) is 13.3 Å². The van der Waals surface area contributed by atoms with Crippen LogP contribution in [0.4, 0.5) is 0 Å². The van der Waals surface area contributed by atoms with E-state index in [-0.39, 0.29) is 11.6 Å². The fourth-order valence-electron chi connectivity index (χ4n) is 7.11. The normalized spacial score (nSPS) is 31.5. The Morgan fingerprint density at radius 2 is 1.11 bits per heavy atom. The number of ether oxygens (including phenoxy) is 1. The Morgan fingerprint density at radius 3 is 1.53 bits per heavy atom. The van der Waals surface area contributed by atoms with Gasteiger partial charge in [-0.25, -0.2) is 0 Å². The van der Waals surface area contributed by atoms with Gasteiger partial charge in [-0.05, 0) is 137 Å². The monoisotopic (exact) mass is 534 g/mol. The van der Waals surface area contributed by atoms with Crippen LogP contribution >= 0.6 is 0 Å². The lowest BCUT2D eigenvalue weighted by Crippen LogP contribution is -2.40. The number of hydrogen-bond donors (Lipinski definition) is 0. The first-order chi connectivity index (χ1) is 18.1. The zero-order chi connectivity index (χ0) is 27.5. The van der Waals surface area contributed by atoms with E-state index in [9.17, 15) is 4.79 Å². The van der Waals surface area contributed by atoms with Crippen molar-refractivity contribution in [2.45, 2.75) is 122 Å². The lowest BCUT2D eigenvalue weighted by atomic mass is 9.83. The molecule has 0 aromatic heterocycles. The molecule has 0 aromatic rings. The van der Waals surface area contributed by atoms with Crippen molar-refractivity contribution in [3.05, 3.63) is 0 Å². The summed E-state index contributed by atoms with van der Waals surface area (Å²) in [5.74, 6) is 1.54. The molecule has 6 nitrogen and oxygen atoms in total. The number of nitrogens with zero attached hydrogens (tertiary/aromatic N) is 4. The first kappa shape index (κ1) is 31.8. The standard InChI is InChI=1S/C18H34N2O2.C14H28N2/c1-18(2,3)22-17(21)14-15-6-8-16(9-7-15)20-11-5-10-19(4)12-13-20;1-3-13-5-7-14(8-6-13)16-10-4-9-15(2)11-12-16/h15-16H,5-14H2,1-4H3;13-14H,3-12H2,1-2H3. The third-order valence-electron chi connectivity index (χ3n) is 9.63. The molecule has 0 amide bonds. The molecule has 4 fully saturated rings. The Bertz CT molecular complexity index is 665. The van der Waals surface area contributed by atoms with Crippen LogP contribution in [-0.4, -0.2) is 110 Å². The van der Waals surface area contributed by atoms with Crippen molar-refractivity contribution in [3.63, 3.8) is 0 Å². The zero-order valence-electron chi connectivity index (χ0n) is 26.1. The second-order valence-corrected chi connectivity index (χ2v) is 13.9. The molecule has 2 saturated carbocycles. The summed E-state index contributed by atoms with van der Waals surface area (Å²) < 4.78 is 5.46. The smallest absolute Gasteiger partial charge is 0.306 e. The Morgan fingerprint density at radius 1 is 0.658 bits per heavy atom. The molecule has 2 saturated heterocycles. The van der Waals surface area contributed by atoms with E-state index in [0.717, 1.165) is 18.0 Å². The lowest BCUT2D eigenvalue weighted by molar-refractivity contribution is -0.156. The third kappa shape index (κ3) is 11.4. The highest BCUT2D eigenvalue weighted by molar-refractivity contribution is 5.70. The molecule has 2 aliphatic heterocycles. The molecular weight excluding hydrogens is 472 g/mol. The minimum atomic E-state index is -0.355. The average molecular weight is 535 g/mol. The molecule has 0 bridgehead atoms. The predicted octanol–water partition coefficient (Wildman–Crippen LogP) is 5.51. The van der Waals surface area contributed by atoms with E-state index in [0.29, 0.717) is 12.3 Å². The highest BCUT2D eigenvalue weighted by atomic mass is 16.6. The van der Waals surface area contributed by atoms with Crippen LogP contribution in [0.3, 0.4) is 0 Å². The van der Waals surface area contributed by atoms with Gasteiger partial charge in [0.15, 0.2) is 0 Å². The summed E-state index contributed by atoms with van der Waals surface area (Å²) >= 11 is 0. The topological polar surface area (TPSA) is 39.3 Å². The lowest BCUT2D eigenvalue weighted by Gasteiger charge is -2.36. The fourth-order valence-corrected chi connectivity index (χ4v) is 7.11. The molecule has 0 atom stereocenters. The third-order valence-corrected chi connectivity index (χ3v) is 9.63. The molecule has 0 N–H and O–H groups in total. The van der Waals surface area contributed by atoms with Gasteiger partial charge >= 0.3 is 5.97 Å². The van der Waals surface area contributed by atoms with E-state index in [4.69, 9.17) is 4.74 Å². The Hall–Kier alpha value is -0.690. The van der Waals surface area contributed by atoms with Crippen molar-refractivity contribution in [2.24, 2.45) is 11.8 Å². The summed E-state index contributed by atoms with van der Waals surface area (Å²) in [6, 6.07) is 1.65. The van der Waals surface area contributed by atoms with Crippen molar-refractivity contribution in [1.29, 1.82) is 0 Å². The summed E-state index contributed by atoms with van der Waals surface area (Å²) in [6.45, 7) is 18.3. The van der Waals surface area contributed by atoms with Gasteiger partial charge in [-0.15, -0.1) is 0 Å². The Kier molecular flexibility index (Phi) is 13.3. The van der Waals surface area contributed by atoms with Gasteiger partial charge in [-0.3, -0.25) is 14.6 Å². The Balaban J connectivity index is 0.000000221. The maximum absolute atomic E-state index is 12.0. The van der Waals surface area contributed by atoms with Gasteiger partial charge in [0.2, 0.25) is 0 Å². The largest absolute Gasteiger partial charge is 0.460 e. The first-order valence-electron chi connectivity index (χ1n) is 16.2. The summed E-state index contributed by atoms with van der Waals surface area (Å²) in [6.07, 6.45) is 15.4. The molecule has 4 rings (SSSR count). The van der Waals surface area contributed by atoms with Crippen LogP contribution in [0.5, 0.6) is 0 Å². The molecule has 2 heterocycles. The zero-order valence-corrected chi connectivity index (χ0v) is 26.1. The number of likely N-dealkylation sites (N-methyl/N-ethyl adjacent to an activating group) is 2. The van der Waals surface area contributed by atoms with E-state index < -0.39 is 0 Å². The molecule has 2 aliphatic carbocycles. The summed E-state index contributed by atoms with van der Waals surface area (Å²) in [5, 5.41) is 0. The van der Waals surface area contributed by atoms with Crippen molar-refractivity contribution in [1.82, 2.24) is 19.6 Å². The molecule has 222 valence electrons. The molecule has 38 heavy (non-hydrogen) atoms. The quantitative estimate of drug-likeness (QED) is 0.433. The van der Waals surface area contributed by atoms with E-state index in [2.05, 4.69) is 40.6 Å². The number of esters is 1. The second-order valence-electron chi connectivity index (χ2n) is 13.9. The van der Waals surface area contributed by atoms with Crippen LogP contribution in [0.2, 0.25) is 0 Å². The number of carbonyl (C=O) groups excluding carboxylic acids is 1. The van der Waals surface area contributed by atoms with Crippen LogP contribution in [0.15, 0.2) is 0 Å². The minimum Gasteiger partial charge on any atom is -0.460 e. The molecule has 0 unspecified atom stereocenters. The van der Waals surface area contributed by atoms with Gasteiger partial charge < -0.3 is 14.5 Å². The van der Waals surface area contributed by atoms with E-state index in [1.54, 1.807) is 0 Å². The maximum atomic E-state index is 12.0. The second kappa shape index (κ2) is 15.9. The van der Waals surface area contributed by atoms with E-state index >= 15 is 0 Å². The van der Waals surface area contributed by atoms with Crippen LogP contribution < -0.4 is 0 Å². The minimum absolute atomic E-state index is 0.0210. The first-order valence-corrected chi connectivity index (χ1v) is 16.2. The number of carbonyl (C=O) groups is 1.